The molecule has 0 aliphatic rings. The van der Waals surface area contributed by atoms with E-state index in [2.05, 4.69) is 6.58 Å². The number of esters is 1. The quantitative estimate of drug-likeness (QED) is 0.450. The highest BCUT2D eigenvalue weighted by atomic mass is 16.5. The summed E-state index contributed by atoms with van der Waals surface area (Å²) >= 11 is 0. The molecule has 0 spiro atoms. The van der Waals surface area contributed by atoms with Gasteiger partial charge in [-0.05, 0) is 12.3 Å². The van der Waals surface area contributed by atoms with Crippen LogP contribution in [0.4, 0.5) is 0 Å². The van der Waals surface area contributed by atoms with Crippen LogP contribution in [-0.4, -0.2) is 12.6 Å². The maximum absolute atomic E-state index is 10.8. The van der Waals surface area contributed by atoms with Gasteiger partial charge < -0.3 is 4.74 Å². The van der Waals surface area contributed by atoms with Crippen LogP contribution in [0, 0.1) is 5.92 Å². The molecule has 11 heavy (non-hydrogen) atoms. The molecule has 0 aromatic rings. The van der Waals surface area contributed by atoms with Crippen LogP contribution in [0.15, 0.2) is 12.7 Å². The van der Waals surface area contributed by atoms with Crippen molar-refractivity contribution in [3.8, 4) is 0 Å². The minimum Gasteiger partial charge on any atom is -0.465 e. The van der Waals surface area contributed by atoms with E-state index in [9.17, 15) is 4.79 Å². The first kappa shape index (κ1) is 10.2. The Morgan fingerprint density at radius 2 is 2.27 bits per heavy atom. The van der Waals surface area contributed by atoms with Crippen molar-refractivity contribution in [3.63, 3.8) is 0 Å². The van der Waals surface area contributed by atoms with Crippen molar-refractivity contribution < 1.29 is 9.53 Å². The lowest BCUT2D eigenvalue weighted by atomic mass is 10.2. The molecular weight excluding hydrogens is 140 g/mol. The highest BCUT2D eigenvalue weighted by molar-refractivity contribution is 5.69. The molecule has 0 heterocycles. The number of hydrogen-bond donors (Lipinski definition) is 0. The largest absolute Gasteiger partial charge is 0.465 e. The zero-order valence-electron chi connectivity index (χ0n) is 7.30. The van der Waals surface area contributed by atoms with Crippen LogP contribution in [0.5, 0.6) is 0 Å². The number of hydrogen-bond acceptors (Lipinski definition) is 2. The molecule has 0 unspecified atom stereocenters. The van der Waals surface area contributed by atoms with Crippen LogP contribution >= 0.6 is 0 Å². The van der Waals surface area contributed by atoms with Crippen molar-refractivity contribution in [2.24, 2.45) is 5.92 Å². The molecule has 0 aliphatic carbocycles. The Balaban J connectivity index is 3.29. The highest BCUT2D eigenvalue weighted by Crippen LogP contribution is 1.97. The van der Waals surface area contributed by atoms with Crippen molar-refractivity contribution in [2.75, 3.05) is 6.61 Å². The standard InChI is InChI=1S/C9H16O2/c1-4-5-6-9(10)11-7-8(2)3/h4,8H,1,5-7H2,2-3H3. The minimum atomic E-state index is -0.126. The molecule has 0 fully saturated rings. The van der Waals surface area contributed by atoms with E-state index < -0.39 is 0 Å². The first-order valence-electron chi connectivity index (χ1n) is 3.93. The van der Waals surface area contributed by atoms with Gasteiger partial charge in [-0.1, -0.05) is 19.9 Å². The van der Waals surface area contributed by atoms with Crippen LogP contribution in [0.25, 0.3) is 0 Å². The number of ether oxygens (including phenoxy) is 1. The number of rotatable bonds is 5. The van der Waals surface area contributed by atoms with Crippen molar-refractivity contribution in [2.45, 2.75) is 26.7 Å². The van der Waals surface area contributed by atoms with Gasteiger partial charge in [-0.2, -0.15) is 0 Å². The fourth-order valence-electron chi connectivity index (χ4n) is 0.552. The molecule has 0 bridgehead atoms. The Labute approximate surface area is 68.2 Å². The zero-order chi connectivity index (χ0) is 8.69. The zero-order valence-corrected chi connectivity index (χ0v) is 7.30. The van der Waals surface area contributed by atoms with Crippen LogP contribution in [0.3, 0.4) is 0 Å². The lowest BCUT2D eigenvalue weighted by Gasteiger charge is -2.05. The second kappa shape index (κ2) is 5.96. The molecule has 64 valence electrons. The summed E-state index contributed by atoms with van der Waals surface area (Å²) in [6, 6.07) is 0. The third-order valence-corrected chi connectivity index (χ3v) is 1.13. The summed E-state index contributed by atoms with van der Waals surface area (Å²) in [6.45, 7) is 8.07. The fraction of sp³-hybridized carbons (Fsp3) is 0.667. The Bertz CT molecular complexity index is 128. The number of carbonyl (C=O) groups is 1. The van der Waals surface area contributed by atoms with E-state index in [1.807, 2.05) is 13.8 Å². The van der Waals surface area contributed by atoms with Gasteiger partial charge in [0.2, 0.25) is 0 Å². The van der Waals surface area contributed by atoms with Gasteiger partial charge in [-0.15, -0.1) is 6.58 Å². The Hall–Kier alpha value is -0.790. The highest BCUT2D eigenvalue weighted by Gasteiger charge is 2.01. The van der Waals surface area contributed by atoms with Gasteiger partial charge in [0.1, 0.15) is 0 Å². The molecule has 0 amide bonds. The third-order valence-electron chi connectivity index (χ3n) is 1.13. The molecule has 0 N–H and O–H groups in total. The topological polar surface area (TPSA) is 26.3 Å². The van der Waals surface area contributed by atoms with Gasteiger partial charge in [0.05, 0.1) is 6.61 Å². The van der Waals surface area contributed by atoms with Gasteiger partial charge in [-0.25, -0.2) is 0 Å². The molecule has 0 saturated carbocycles. The van der Waals surface area contributed by atoms with E-state index in [4.69, 9.17) is 4.74 Å². The molecule has 0 atom stereocenters. The van der Waals surface area contributed by atoms with E-state index in [1.165, 1.54) is 0 Å². The number of allylic oxidation sites excluding steroid dienone is 1. The van der Waals surface area contributed by atoms with E-state index >= 15 is 0 Å². The molecule has 0 aromatic carbocycles. The second-order valence-electron chi connectivity index (χ2n) is 2.90. The summed E-state index contributed by atoms with van der Waals surface area (Å²) in [6.07, 6.45) is 2.88. The minimum absolute atomic E-state index is 0.126. The van der Waals surface area contributed by atoms with Gasteiger partial charge in [0.15, 0.2) is 0 Å². The summed E-state index contributed by atoms with van der Waals surface area (Å²) < 4.78 is 4.92. The average Bonchev–Trinajstić information content (AvgIpc) is 1.97. The summed E-state index contributed by atoms with van der Waals surface area (Å²) in [4.78, 5) is 10.8. The van der Waals surface area contributed by atoms with E-state index in [0.29, 0.717) is 25.4 Å². The van der Waals surface area contributed by atoms with Crippen LogP contribution in [0.1, 0.15) is 26.7 Å². The lowest BCUT2D eigenvalue weighted by molar-refractivity contribution is -0.144. The lowest BCUT2D eigenvalue weighted by Crippen LogP contribution is -2.09. The van der Waals surface area contributed by atoms with E-state index in [-0.39, 0.29) is 5.97 Å². The molecule has 0 saturated heterocycles. The predicted octanol–water partition coefficient (Wildman–Crippen LogP) is 2.15. The summed E-state index contributed by atoms with van der Waals surface area (Å²) in [5.74, 6) is 0.293. The SMILES string of the molecule is C=CCCC(=O)OCC(C)C. The van der Waals surface area contributed by atoms with Gasteiger partial charge in [0.25, 0.3) is 0 Å². The van der Waals surface area contributed by atoms with Crippen molar-refractivity contribution in [1.29, 1.82) is 0 Å². The molecule has 0 radical (unpaired) electrons. The van der Waals surface area contributed by atoms with Crippen molar-refractivity contribution in [1.82, 2.24) is 0 Å². The van der Waals surface area contributed by atoms with E-state index in [0.717, 1.165) is 0 Å². The van der Waals surface area contributed by atoms with Gasteiger partial charge in [0, 0.05) is 6.42 Å². The monoisotopic (exact) mass is 156 g/mol. The van der Waals surface area contributed by atoms with Crippen molar-refractivity contribution in [3.05, 3.63) is 12.7 Å². The first-order valence-corrected chi connectivity index (χ1v) is 3.93. The number of carbonyl (C=O) groups excluding carboxylic acids is 1. The smallest absolute Gasteiger partial charge is 0.306 e. The van der Waals surface area contributed by atoms with Crippen molar-refractivity contribution >= 4 is 5.97 Å². The molecule has 0 aromatic heterocycles. The second-order valence-corrected chi connectivity index (χ2v) is 2.90. The van der Waals surface area contributed by atoms with E-state index in [1.54, 1.807) is 6.08 Å². The Kier molecular flexibility index (Phi) is 5.53. The maximum Gasteiger partial charge on any atom is 0.306 e. The fourth-order valence-corrected chi connectivity index (χ4v) is 0.552. The average molecular weight is 156 g/mol. The molecule has 2 nitrogen and oxygen atoms in total. The summed E-state index contributed by atoms with van der Waals surface area (Å²) in [5, 5.41) is 0. The van der Waals surface area contributed by atoms with Crippen LogP contribution < -0.4 is 0 Å². The Morgan fingerprint density at radius 1 is 1.64 bits per heavy atom. The van der Waals surface area contributed by atoms with Crippen LogP contribution in [-0.2, 0) is 9.53 Å². The molecule has 0 rings (SSSR count). The Morgan fingerprint density at radius 3 is 2.73 bits per heavy atom. The summed E-state index contributed by atoms with van der Waals surface area (Å²) in [5.41, 5.74) is 0. The van der Waals surface area contributed by atoms with Gasteiger partial charge >= 0.3 is 5.97 Å². The molecule has 0 aliphatic heterocycles. The molecular formula is C9H16O2. The van der Waals surface area contributed by atoms with Crippen LogP contribution in [0.2, 0.25) is 0 Å². The molecule has 2 heteroatoms. The third kappa shape index (κ3) is 7.10. The predicted molar refractivity (Wildman–Crippen MR) is 45.2 cm³/mol. The maximum atomic E-state index is 10.8. The summed E-state index contributed by atoms with van der Waals surface area (Å²) in [7, 11) is 0. The van der Waals surface area contributed by atoms with Gasteiger partial charge in [-0.3, -0.25) is 4.79 Å². The normalized spacial score (nSPS) is 9.73. The first-order chi connectivity index (χ1) is 5.16.